The number of benzene rings is 2. The highest BCUT2D eigenvalue weighted by Gasteiger charge is 2.36. The number of hydrogen-bond acceptors (Lipinski definition) is 3. The van der Waals surface area contributed by atoms with Crippen LogP contribution in [0.5, 0.6) is 0 Å². The number of fused-ring (bicyclic) bond motifs is 1. The van der Waals surface area contributed by atoms with Crippen LogP contribution in [-0.4, -0.2) is 21.6 Å². The highest BCUT2D eigenvalue weighted by Crippen LogP contribution is 2.32. The number of carbonyl (C=O) groups is 2. The van der Waals surface area contributed by atoms with Gasteiger partial charge in [-0.3, -0.25) is 19.5 Å². The molecular formula is C19H16N4O3. The molecule has 0 aliphatic carbocycles. The summed E-state index contributed by atoms with van der Waals surface area (Å²) in [7, 11) is 0. The summed E-state index contributed by atoms with van der Waals surface area (Å²) in [5.74, 6) is -1.24. The molecule has 0 fully saturated rings. The summed E-state index contributed by atoms with van der Waals surface area (Å²) < 4.78 is 1.50. The minimum absolute atomic E-state index is 0.0758. The van der Waals surface area contributed by atoms with Crippen molar-refractivity contribution in [2.24, 2.45) is 0 Å². The van der Waals surface area contributed by atoms with Gasteiger partial charge in [-0.25, -0.2) is 4.68 Å². The Morgan fingerprint density at radius 1 is 1.00 bits per heavy atom. The first-order valence-electron chi connectivity index (χ1n) is 8.19. The highest BCUT2D eigenvalue weighted by molar-refractivity contribution is 6.04. The van der Waals surface area contributed by atoms with E-state index in [1.807, 2.05) is 24.3 Å². The van der Waals surface area contributed by atoms with Crippen LogP contribution < -0.4 is 16.2 Å². The molecule has 7 nitrogen and oxygen atoms in total. The van der Waals surface area contributed by atoms with Gasteiger partial charge in [-0.1, -0.05) is 36.4 Å². The van der Waals surface area contributed by atoms with Gasteiger partial charge in [0.05, 0.1) is 17.2 Å². The Morgan fingerprint density at radius 2 is 1.65 bits per heavy atom. The number of rotatable bonds is 3. The predicted molar refractivity (Wildman–Crippen MR) is 97.4 cm³/mol. The molecule has 0 spiro atoms. The summed E-state index contributed by atoms with van der Waals surface area (Å²) >= 11 is 0. The summed E-state index contributed by atoms with van der Waals surface area (Å²) in [5, 5.41) is 8.18. The molecule has 1 atom stereocenters. The normalized spacial score (nSPS) is 15.8. The number of nitrogens with zero attached hydrogens (tertiary/aromatic N) is 1. The van der Waals surface area contributed by atoms with Crippen LogP contribution in [0.1, 0.15) is 17.9 Å². The number of para-hydroxylation sites is 2. The van der Waals surface area contributed by atoms with Crippen molar-refractivity contribution in [3.05, 3.63) is 76.6 Å². The summed E-state index contributed by atoms with van der Waals surface area (Å²) in [6, 6.07) is 18.0. The predicted octanol–water partition coefficient (Wildman–Crippen LogP) is 2.23. The van der Waals surface area contributed by atoms with Crippen LogP contribution in [-0.2, 0) is 9.59 Å². The van der Waals surface area contributed by atoms with Crippen LogP contribution >= 0.6 is 0 Å². The van der Waals surface area contributed by atoms with E-state index < -0.39 is 11.5 Å². The van der Waals surface area contributed by atoms with Gasteiger partial charge in [-0.2, -0.15) is 0 Å². The summed E-state index contributed by atoms with van der Waals surface area (Å²) in [6.45, 7) is 0. The van der Waals surface area contributed by atoms with Crippen molar-refractivity contribution in [3.8, 4) is 5.69 Å². The van der Waals surface area contributed by atoms with E-state index in [0.29, 0.717) is 17.2 Å². The Morgan fingerprint density at radius 3 is 2.35 bits per heavy atom. The zero-order valence-corrected chi connectivity index (χ0v) is 13.7. The van der Waals surface area contributed by atoms with Gasteiger partial charge in [0, 0.05) is 12.1 Å². The first-order valence-corrected chi connectivity index (χ1v) is 8.19. The molecule has 7 heteroatoms. The molecule has 26 heavy (non-hydrogen) atoms. The van der Waals surface area contributed by atoms with Crippen molar-refractivity contribution in [1.29, 1.82) is 0 Å². The molecule has 0 unspecified atom stereocenters. The molecule has 1 aromatic heterocycles. The monoisotopic (exact) mass is 348 g/mol. The lowest BCUT2D eigenvalue weighted by atomic mass is 9.93. The van der Waals surface area contributed by atoms with Gasteiger partial charge in [-0.05, 0) is 24.3 Å². The Balaban J connectivity index is 1.74. The maximum atomic E-state index is 12.7. The summed E-state index contributed by atoms with van der Waals surface area (Å²) in [6.07, 6.45) is -0.0758. The van der Waals surface area contributed by atoms with Crippen LogP contribution in [0.15, 0.2) is 65.5 Å². The summed E-state index contributed by atoms with van der Waals surface area (Å²) in [5.41, 5.74) is 1.18. The molecule has 0 radical (unpaired) electrons. The second-order valence-corrected chi connectivity index (χ2v) is 6.03. The van der Waals surface area contributed by atoms with E-state index in [4.69, 9.17) is 0 Å². The fourth-order valence-corrected chi connectivity index (χ4v) is 3.11. The zero-order valence-electron chi connectivity index (χ0n) is 13.7. The Kier molecular flexibility index (Phi) is 3.89. The number of H-pyrrole nitrogens is 1. The molecule has 3 N–H and O–H groups in total. The minimum Gasteiger partial charge on any atom is -0.326 e. The third-order valence-electron chi connectivity index (χ3n) is 4.30. The lowest BCUT2D eigenvalue weighted by molar-refractivity contribution is -0.123. The van der Waals surface area contributed by atoms with Gasteiger partial charge in [0.1, 0.15) is 5.82 Å². The number of anilines is 2. The van der Waals surface area contributed by atoms with E-state index >= 15 is 0 Å². The number of aromatic amines is 1. The van der Waals surface area contributed by atoms with Gasteiger partial charge < -0.3 is 10.6 Å². The molecule has 2 aromatic carbocycles. The van der Waals surface area contributed by atoms with Gasteiger partial charge in [0.2, 0.25) is 11.8 Å². The lowest BCUT2D eigenvalue weighted by Gasteiger charge is -2.22. The topological polar surface area (TPSA) is 96.0 Å². The van der Waals surface area contributed by atoms with E-state index in [2.05, 4.69) is 15.7 Å². The van der Waals surface area contributed by atoms with E-state index in [-0.39, 0.29) is 23.8 Å². The number of hydrogen-bond donors (Lipinski definition) is 3. The third kappa shape index (κ3) is 2.79. The van der Waals surface area contributed by atoms with Gasteiger partial charge >= 0.3 is 0 Å². The van der Waals surface area contributed by atoms with Crippen molar-refractivity contribution in [1.82, 2.24) is 9.78 Å². The fraction of sp³-hybridized carbons (Fsp3) is 0.105. The van der Waals surface area contributed by atoms with E-state index in [1.54, 1.807) is 36.4 Å². The highest BCUT2D eigenvalue weighted by atomic mass is 16.2. The average Bonchev–Trinajstić information content (AvgIpc) is 2.99. The SMILES string of the molecule is O=C1C[C@@H](C(=O)Nc2ccccc2)c2c(n(-c3ccccc3)[nH]c2=O)N1. The van der Waals surface area contributed by atoms with Crippen molar-refractivity contribution < 1.29 is 9.59 Å². The van der Waals surface area contributed by atoms with E-state index in [1.165, 1.54) is 4.68 Å². The maximum absolute atomic E-state index is 12.7. The Hall–Kier alpha value is -3.61. The molecule has 3 aromatic rings. The van der Waals surface area contributed by atoms with Crippen molar-refractivity contribution in [3.63, 3.8) is 0 Å². The Labute approximate surface area is 148 Å². The number of carbonyl (C=O) groups excluding carboxylic acids is 2. The van der Waals surface area contributed by atoms with Crippen molar-refractivity contribution in [2.45, 2.75) is 12.3 Å². The second kappa shape index (κ2) is 6.36. The van der Waals surface area contributed by atoms with Gasteiger partial charge in [-0.15, -0.1) is 0 Å². The number of aromatic nitrogens is 2. The molecule has 1 aliphatic rings. The summed E-state index contributed by atoms with van der Waals surface area (Å²) in [4.78, 5) is 37.4. The smallest absolute Gasteiger partial charge is 0.270 e. The Bertz CT molecular complexity index is 1020. The molecular weight excluding hydrogens is 332 g/mol. The van der Waals surface area contributed by atoms with Crippen LogP contribution in [0.3, 0.4) is 0 Å². The van der Waals surface area contributed by atoms with Gasteiger partial charge in [0.25, 0.3) is 5.56 Å². The number of nitrogens with one attached hydrogen (secondary N) is 3. The minimum atomic E-state index is -0.854. The molecule has 130 valence electrons. The van der Waals surface area contributed by atoms with Crippen molar-refractivity contribution in [2.75, 3.05) is 10.6 Å². The standard InChI is InChI=1S/C19H16N4O3/c24-15-11-14(18(25)20-12-7-3-1-4-8-12)16-17(21-15)23(22-19(16)26)13-9-5-2-6-10-13/h1-10,14H,11H2,(H,20,25)(H,21,24)(H,22,26)/t14-/m1/s1. The largest absolute Gasteiger partial charge is 0.326 e. The first kappa shape index (κ1) is 15.9. The molecule has 4 rings (SSSR count). The molecule has 0 saturated heterocycles. The molecule has 0 saturated carbocycles. The first-order chi connectivity index (χ1) is 12.6. The molecule has 2 heterocycles. The average molecular weight is 348 g/mol. The third-order valence-corrected chi connectivity index (χ3v) is 4.30. The molecule has 1 aliphatic heterocycles. The zero-order chi connectivity index (χ0) is 18.1. The van der Waals surface area contributed by atoms with E-state index in [9.17, 15) is 14.4 Å². The number of amides is 2. The van der Waals surface area contributed by atoms with Crippen LogP contribution in [0, 0.1) is 0 Å². The maximum Gasteiger partial charge on any atom is 0.270 e. The van der Waals surface area contributed by atoms with Crippen LogP contribution in [0.2, 0.25) is 0 Å². The molecule has 0 bridgehead atoms. The van der Waals surface area contributed by atoms with Gasteiger partial charge in [0.15, 0.2) is 0 Å². The van der Waals surface area contributed by atoms with Crippen LogP contribution in [0.25, 0.3) is 5.69 Å². The molecule has 2 amide bonds. The fourth-order valence-electron chi connectivity index (χ4n) is 3.11. The lowest BCUT2D eigenvalue weighted by Crippen LogP contribution is -2.33. The second-order valence-electron chi connectivity index (χ2n) is 6.03. The quantitative estimate of drug-likeness (QED) is 0.677. The van der Waals surface area contributed by atoms with Crippen LogP contribution in [0.4, 0.5) is 11.5 Å². The van der Waals surface area contributed by atoms with E-state index in [0.717, 1.165) is 0 Å². The van der Waals surface area contributed by atoms with Crippen molar-refractivity contribution >= 4 is 23.3 Å².